The molecule has 0 unspecified atom stereocenters. The molecule has 0 atom stereocenters. The summed E-state index contributed by atoms with van der Waals surface area (Å²) in [6.45, 7) is 2.43. The first-order valence-corrected chi connectivity index (χ1v) is 4.85. The number of hydrogen-bond donors (Lipinski definition) is 1. The molecule has 4 nitrogen and oxygen atoms in total. The Kier molecular flexibility index (Phi) is 5.25. The smallest absolute Gasteiger partial charge is 0.240 e. The van der Waals surface area contributed by atoms with Crippen LogP contribution >= 0.6 is 0 Å². The summed E-state index contributed by atoms with van der Waals surface area (Å²) < 4.78 is 5.42. The van der Waals surface area contributed by atoms with Crippen molar-refractivity contribution in [2.45, 2.75) is 13.3 Å². The number of hydrogen-bond acceptors (Lipinski definition) is 3. The van der Waals surface area contributed by atoms with Gasteiger partial charge >= 0.3 is 0 Å². The van der Waals surface area contributed by atoms with Crippen molar-refractivity contribution in [3.05, 3.63) is 30.3 Å². The molecule has 0 heterocycles. The van der Waals surface area contributed by atoms with Gasteiger partial charge in [-0.25, -0.2) is 5.48 Å². The van der Waals surface area contributed by atoms with Crippen LogP contribution in [0.5, 0.6) is 5.75 Å². The fourth-order valence-electron chi connectivity index (χ4n) is 0.990. The maximum Gasteiger partial charge on any atom is 0.240 e. The van der Waals surface area contributed by atoms with Gasteiger partial charge in [-0.1, -0.05) is 18.2 Å². The normalized spacial score (nSPS) is 9.67. The fourth-order valence-corrected chi connectivity index (χ4v) is 0.990. The number of carbonyl (C=O) groups is 1. The molecule has 0 aromatic heterocycles. The highest BCUT2D eigenvalue weighted by atomic mass is 16.6. The predicted octanol–water partition coefficient (Wildman–Crippen LogP) is 1.52. The predicted molar refractivity (Wildman–Crippen MR) is 56.3 cm³/mol. The van der Waals surface area contributed by atoms with E-state index in [0.29, 0.717) is 13.2 Å². The van der Waals surface area contributed by atoms with E-state index >= 15 is 0 Å². The quantitative estimate of drug-likeness (QED) is 0.571. The molecule has 0 aliphatic heterocycles. The van der Waals surface area contributed by atoms with Gasteiger partial charge in [0.2, 0.25) is 5.91 Å². The van der Waals surface area contributed by atoms with Crippen molar-refractivity contribution in [2.75, 3.05) is 13.2 Å². The van der Waals surface area contributed by atoms with Gasteiger partial charge in [0.15, 0.2) is 0 Å². The highest BCUT2D eigenvalue weighted by molar-refractivity contribution is 5.71. The lowest BCUT2D eigenvalue weighted by atomic mass is 10.3. The van der Waals surface area contributed by atoms with Crippen LogP contribution in [0.25, 0.3) is 0 Å². The van der Waals surface area contributed by atoms with E-state index in [1.165, 1.54) is 6.92 Å². The second-order valence-electron chi connectivity index (χ2n) is 3.02. The van der Waals surface area contributed by atoms with E-state index in [9.17, 15) is 4.79 Å². The molecule has 82 valence electrons. The molecule has 0 bridgehead atoms. The molecule has 0 spiro atoms. The number of para-hydroxylation sites is 1. The van der Waals surface area contributed by atoms with Gasteiger partial charge in [-0.3, -0.25) is 9.63 Å². The van der Waals surface area contributed by atoms with Crippen molar-refractivity contribution in [1.29, 1.82) is 0 Å². The Balaban J connectivity index is 2.00. The van der Waals surface area contributed by atoms with Crippen LogP contribution in [0.4, 0.5) is 0 Å². The second kappa shape index (κ2) is 6.84. The monoisotopic (exact) mass is 209 g/mol. The van der Waals surface area contributed by atoms with Crippen LogP contribution in [-0.4, -0.2) is 19.1 Å². The topological polar surface area (TPSA) is 47.6 Å². The van der Waals surface area contributed by atoms with E-state index in [4.69, 9.17) is 9.57 Å². The summed E-state index contributed by atoms with van der Waals surface area (Å²) in [6, 6.07) is 9.57. The standard InChI is InChI=1S/C11H15NO3/c1-10(13)12-15-9-5-8-14-11-6-3-2-4-7-11/h2-4,6-7H,5,8-9H2,1H3,(H,12,13). The third-order valence-corrected chi connectivity index (χ3v) is 1.62. The lowest BCUT2D eigenvalue weighted by molar-refractivity contribution is -0.131. The molecule has 0 saturated carbocycles. The van der Waals surface area contributed by atoms with Crippen LogP contribution in [0, 0.1) is 0 Å². The van der Waals surface area contributed by atoms with Gasteiger partial charge in [-0.2, -0.15) is 0 Å². The van der Waals surface area contributed by atoms with E-state index in [0.717, 1.165) is 12.2 Å². The van der Waals surface area contributed by atoms with Gasteiger partial charge in [-0.15, -0.1) is 0 Å². The van der Waals surface area contributed by atoms with Crippen LogP contribution in [0.2, 0.25) is 0 Å². The molecule has 0 aliphatic carbocycles. The van der Waals surface area contributed by atoms with E-state index in [2.05, 4.69) is 5.48 Å². The summed E-state index contributed by atoms with van der Waals surface area (Å²) in [5.41, 5.74) is 2.25. The Morgan fingerprint density at radius 1 is 1.27 bits per heavy atom. The first-order valence-electron chi connectivity index (χ1n) is 4.85. The number of ether oxygens (including phenoxy) is 1. The minimum atomic E-state index is -0.195. The molecule has 1 rings (SSSR count). The van der Waals surface area contributed by atoms with E-state index in [1.54, 1.807) is 0 Å². The molecular weight excluding hydrogens is 194 g/mol. The molecule has 4 heteroatoms. The van der Waals surface area contributed by atoms with Crippen molar-refractivity contribution in [3.8, 4) is 5.75 Å². The minimum absolute atomic E-state index is 0.195. The molecule has 0 saturated heterocycles. The van der Waals surface area contributed by atoms with Gasteiger partial charge in [0.1, 0.15) is 5.75 Å². The Hall–Kier alpha value is -1.55. The molecule has 1 aromatic rings. The van der Waals surface area contributed by atoms with E-state index < -0.39 is 0 Å². The minimum Gasteiger partial charge on any atom is -0.494 e. The number of rotatable bonds is 6. The highest BCUT2D eigenvalue weighted by Crippen LogP contribution is 2.07. The van der Waals surface area contributed by atoms with Crippen molar-refractivity contribution in [1.82, 2.24) is 5.48 Å². The third kappa shape index (κ3) is 5.70. The first-order chi connectivity index (χ1) is 7.29. The molecule has 0 aliphatic rings. The zero-order valence-electron chi connectivity index (χ0n) is 8.73. The second-order valence-corrected chi connectivity index (χ2v) is 3.02. The number of benzene rings is 1. The van der Waals surface area contributed by atoms with Gasteiger partial charge in [-0.05, 0) is 12.1 Å². The number of carbonyl (C=O) groups excluding carboxylic acids is 1. The molecular formula is C11H15NO3. The highest BCUT2D eigenvalue weighted by Gasteiger charge is 1.93. The summed E-state index contributed by atoms with van der Waals surface area (Å²) >= 11 is 0. The molecule has 1 amide bonds. The van der Waals surface area contributed by atoms with E-state index in [1.807, 2.05) is 30.3 Å². The average Bonchev–Trinajstić information content (AvgIpc) is 2.24. The summed E-state index contributed by atoms with van der Waals surface area (Å²) in [5.74, 6) is 0.649. The lowest BCUT2D eigenvalue weighted by Crippen LogP contribution is -2.21. The zero-order chi connectivity index (χ0) is 10.9. The van der Waals surface area contributed by atoms with Crippen LogP contribution < -0.4 is 10.2 Å². The summed E-state index contributed by atoms with van der Waals surface area (Å²) in [7, 11) is 0. The van der Waals surface area contributed by atoms with Crippen LogP contribution in [0.15, 0.2) is 30.3 Å². The molecule has 15 heavy (non-hydrogen) atoms. The summed E-state index contributed by atoms with van der Waals surface area (Å²) in [6.07, 6.45) is 0.731. The fraction of sp³-hybridized carbons (Fsp3) is 0.364. The van der Waals surface area contributed by atoms with Gasteiger partial charge in [0.25, 0.3) is 0 Å². The van der Waals surface area contributed by atoms with Crippen molar-refractivity contribution in [3.63, 3.8) is 0 Å². The maximum atomic E-state index is 10.4. The van der Waals surface area contributed by atoms with Crippen LogP contribution in [-0.2, 0) is 9.63 Å². The Labute approximate surface area is 89.1 Å². The van der Waals surface area contributed by atoms with Crippen molar-refractivity contribution in [2.24, 2.45) is 0 Å². The maximum absolute atomic E-state index is 10.4. The number of amides is 1. The third-order valence-electron chi connectivity index (χ3n) is 1.62. The van der Waals surface area contributed by atoms with Gasteiger partial charge in [0, 0.05) is 13.3 Å². The first kappa shape index (κ1) is 11.5. The molecule has 0 radical (unpaired) electrons. The van der Waals surface area contributed by atoms with Gasteiger partial charge < -0.3 is 4.74 Å². The molecule has 1 N–H and O–H groups in total. The summed E-state index contributed by atoms with van der Waals surface area (Å²) in [4.78, 5) is 15.3. The van der Waals surface area contributed by atoms with E-state index in [-0.39, 0.29) is 5.91 Å². The summed E-state index contributed by atoms with van der Waals surface area (Å²) in [5, 5.41) is 0. The number of hydroxylamine groups is 1. The molecule has 0 fully saturated rings. The van der Waals surface area contributed by atoms with Crippen LogP contribution in [0.3, 0.4) is 0 Å². The lowest BCUT2D eigenvalue weighted by Gasteiger charge is -2.06. The van der Waals surface area contributed by atoms with Crippen molar-refractivity contribution < 1.29 is 14.4 Å². The largest absolute Gasteiger partial charge is 0.494 e. The van der Waals surface area contributed by atoms with Crippen molar-refractivity contribution >= 4 is 5.91 Å². The zero-order valence-corrected chi connectivity index (χ0v) is 8.73. The van der Waals surface area contributed by atoms with Gasteiger partial charge in [0.05, 0.1) is 13.2 Å². The molecule has 1 aromatic carbocycles. The SMILES string of the molecule is CC(=O)NOCCCOc1ccccc1. The van der Waals surface area contributed by atoms with Crippen LogP contribution in [0.1, 0.15) is 13.3 Å². The Morgan fingerprint density at radius 3 is 2.67 bits per heavy atom. The Morgan fingerprint density at radius 2 is 2.00 bits per heavy atom. The number of nitrogens with one attached hydrogen (secondary N) is 1. The Bertz CT molecular complexity index is 287. The average molecular weight is 209 g/mol.